The fraction of sp³-hybridized carbons (Fsp3) is 0.286. The van der Waals surface area contributed by atoms with Crippen molar-refractivity contribution in [3.05, 3.63) is 77.4 Å². The van der Waals surface area contributed by atoms with E-state index in [0.29, 0.717) is 18.4 Å². The topological polar surface area (TPSA) is 51.0 Å². The van der Waals surface area contributed by atoms with Crippen LogP contribution in [0.25, 0.3) is 5.69 Å². The van der Waals surface area contributed by atoms with Gasteiger partial charge in [0.05, 0.1) is 5.69 Å². The number of hydrogen-bond acceptors (Lipinski definition) is 3. The highest BCUT2D eigenvalue weighted by Gasteiger charge is 2.42. The van der Waals surface area contributed by atoms with E-state index in [0.717, 1.165) is 35.5 Å². The van der Waals surface area contributed by atoms with E-state index in [9.17, 15) is 4.79 Å². The summed E-state index contributed by atoms with van der Waals surface area (Å²) < 4.78 is 1.84. The molecule has 3 heterocycles. The molecule has 1 aliphatic heterocycles. The molecule has 0 radical (unpaired) electrons. The molecule has 1 amide bonds. The molecule has 1 aromatic carbocycles. The van der Waals surface area contributed by atoms with Crippen molar-refractivity contribution in [1.82, 2.24) is 19.7 Å². The van der Waals surface area contributed by atoms with Crippen LogP contribution < -0.4 is 0 Å². The second-order valence-electron chi connectivity index (χ2n) is 7.30. The summed E-state index contributed by atoms with van der Waals surface area (Å²) in [5.41, 5.74) is 5.22. The number of aryl methyl sites for hydroxylation is 1. The number of hydrogen-bond donors (Lipinski definition) is 0. The summed E-state index contributed by atoms with van der Waals surface area (Å²) in [7, 11) is 0. The normalized spacial score (nSPS) is 21.1. The highest BCUT2D eigenvalue weighted by atomic mass is 16.2. The molecule has 5 heteroatoms. The van der Waals surface area contributed by atoms with E-state index >= 15 is 0 Å². The Hall–Kier alpha value is -2.95. The predicted octanol–water partition coefficient (Wildman–Crippen LogP) is 3.34. The zero-order valence-corrected chi connectivity index (χ0v) is 14.7. The van der Waals surface area contributed by atoms with Crippen LogP contribution in [-0.4, -0.2) is 32.1 Å². The predicted molar refractivity (Wildman–Crippen MR) is 98.1 cm³/mol. The van der Waals surface area contributed by atoms with Crippen LogP contribution in [0.1, 0.15) is 39.5 Å². The smallest absolute Gasteiger partial charge is 0.254 e. The Labute approximate surface area is 152 Å². The number of benzene rings is 1. The number of carbonyl (C=O) groups excluding carboxylic acids is 1. The molecule has 3 aromatic rings. The fourth-order valence-electron chi connectivity index (χ4n) is 3.94. The van der Waals surface area contributed by atoms with E-state index in [-0.39, 0.29) is 5.91 Å². The molecular formula is C21H20N4O. The first kappa shape index (κ1) is 15.3. The zero-order chi connectivity index (χ0) is 17.7. The summed E-state index contributed by atoms with van der Waals surface area (Å²) in [5.74, 6) is 1.13. The fourth-order valence-corrected chi connectivity index (χ4v) is 3.94. The van der Waals surface area contributed by atoms with E-state index in [1.54, 1.807) is 6.20 Å². The average Bonchev–Trinajstić information content (AvgIpc) is 3.06. The maximum atomic E-state index is 12.9. The largest absolute Gasteiger partial charge is 0.334 e. The number of fused-ring (bicyclic) bond motifs is 1. The third-order valence-corrected chi connectivity index (χ3v) is 5.46. The molecular weight excluding hydrogens is 324 g/mol. The van der Waals surface area contributed by atoms with Crippen LogP contribution in [0.15, 0.2) is 55.0 Å². The molecule has 1 aliphatic carbocycles. The Morgan fingerprint density at radius 3 is 2.88 bits per heavy atom. The number of amides is 1. The zero-order valence-electron chi connectivity index (χ0n) is 14.7. The monoisotopic (exact) mass is 344 g/mol. The molecule has 5 rings (SSSR count). The molecule has 0 bridgehead atoms. The quantitative estimate of drug-likeness (QED) is 0.729. The Morgan fingerprint density at radius 2 is 2.12 bits per heavy atom. The van der Waals surface area contributed by atoms with Gasteiger partial charge in [0.1, 0.15) is 0 Å². The number of pyridine rings is 1. The van der Waals surface area contributed by atoms with E-state index in [1.165, 1.54) is 5.56 Å². The maximum absolute atomic E-state index is 12.9. The van der Waals surface area contributed by atoms with Crippen molar-refractivity contribution >= 4 is 5.91 Å². The molecule has 26 heavy (non-hydrogen) atoms. The first-order valence-electron chi connectivity index (χ1n) is 9.04. The van der Waals surface area contributed by atoms with Crippen LogP contribution in [0.2, 0.25) is 0 Å². The molecule has 0 spiro atoms. The van der Waals surface area contributed by atoms with Crippen LogP contribution in [0, 0.1) is 12.8 Å². The summed E-state index contributed by atoms with van der Waals surface area (Å²) in [6.07, 6.45) is 6.72. The summed E-state index contributed by atoms with van der Waals surface area (Å²) in [5, 5.41) is 4.32. The molecule has 5 nitrogen and oxygen atoms in total. The Balaban J connectivity index is 1.34. The minimum atomic E-state index is 0.136. The van der Waals surface area contributed by atoms with Crippen molar-refractivity contribution in [3.8, 4) is 5.69 Å². The van der Waals surface area contributed by atoms with Gasteiger partial charge in [0.25, 0.3) is 5.91 Å². The van der Waals surface area contributed by atoms with Gasteiger partial charge in [-0.25, -0.2) is 4.68 Å². The van der Waals surface area contributed by atoms with Gasteiger partial charge in [-0.15, -0.1) is 0 Å². The van der Waals surface area contributed by atoms with Gasteiger partial charge in [-0.05, 0) is 49.1 Å². The third kappa shape index (κ3) is 2.51. The van der Waals surface area contributed by atoms with Gasteiger partial charge in [0, 0.05) is 54.4 Å². The first-order valence-corrected chi connectivity index (χ1v) is 9.04. The van der Waals surface area contributed by atoms with Crippen LogP contribution in [-0.2, 0) is 6.54 Å². The van der Waals surface area contributed by atoms with Crippen LogP contribution in [0.5, 0.6) is 0 Å². The van der Waals surface area contributed by atoms with Gasteiger partial charge >= 0.3 is 0 Å². The second kappa shape index (κ2) is 5.80. The Kier molecular flexibility index (Phi) is 3.42. The lowest BCUT2D eigenvalue weighted by Crippen LogP contribution is -2.26. The third-order valence-electron chi connectivity index (χ3n) is 5.46. The number of carbonyl (C=O) groups is 1. The molecule has 0 N–H and O–H groups in total. The number of rotatable bonds is 4. The van der Waals surface area contributed by atoms with Crippen molar-refractivity contribution in [3.63, 3.8) is 0 Å². The van der Waals surface area contributed by atoms with Crippen LogP contribution in [0.3, 0.4) is 0 Å². The van der Waals surface area contributed by atoms with E-state index < -0.39 is 0 Å². The van der Waals surface area contributed by atoms with Crippen molar-refractivity contribution < 1.29 is 4.79 Å². The summed E-state index contributed by atoms with van der Waals surface area (Å²) in [6, 6.07) is 12.0. The lowest BCUT2D eigenvalue weighted by molar-refractivity contribution is 0.0770. The molecule has 2 atom stereocenters. The standard InChI is InChI=1S/C21H20N4O/c1-14-6-7-19(22-11-14)17-10-15(17)12-24-13-18-16(21(24)26)4-2-5-20(18)25-9-3-8-23-25/h2-9,11,15,17H,10,12-13H2,1H3/t15-,17+/m0/s1. The molecule has 1 fully saturated rings. The second-order valence-corrected chi connectivity index (χ2v) is 7.30. The Morgan fingerprint density at radius 1 is 1.19 bits per heavy atom. The van der Waals surface area contributed by atoms with E-state index in [1.807, 2.05) is 46.2 Å². The summed E-state index contributed by atoms with van der Waals surface area (Å²) >= 11 is 0. The lowest BCUT2D eigenvalue weighted by atomic mass is 10.1. The van der Waals surface area contributed by atoms with E-state index in [2.05, 4.69) is 29.1 Å². The summed E-state index contributed by atoms with van der Waals surface area (Å²) in [6.45, 7) is 3.51. The SMILES string of the molecule is Cc1ccc([C@@H]2C[C@H]2CN2Cc3c(cccc3-n3cccn3)C2=O)nc1. The molecule has 0 saturated heterocycles. The van der Waals surface area contributed by atoms with Gasteiger partial charge in [-0.2, -0.15) is 5.10 Å². The van der Waals surface area contributed by atoms with Crippen LogP contribution in [0.4, 0.5) is 0 Å². The van der Waals surface area contributed by atoms with Gasteiger partial charge in [-0.1, -0.05) is 12.1 Å². The first-order chi connectivity index (χ1) is 12.7. The number of aromatic nitrogens is 3. The molecule has 130 valence electrons. The number of nitrogens with zero attached hydrogens (tertiary/aromatic N) is 4. The maximum Gasteiger partial charge on any atom is 0.254 e. The molecule has 2 aliphatic rings. The summed E-state index contributed by atoms with van der Waals surface area (Å²) in [4.78, 5) is 19.4. The minimum absolute atomic E-state index is 0.136. The highest BCUT2D eigenvalue weighted by molar-refractivity contribution is 5.99. The highest BCUT2D eigenvalue weighted by Crippen LogP contribution is 2.47. The Bertz CT molecular complexity index is 962. The van der Waals surface area contributed by atoms with Crippen molar-refractivity contribution in [2.24, 2.45) is 5.92 Å². The molecule has 0 unspecified atom stereocenters. The minimum Gasteiger partial charge on any atom is -0.334 e. The lowest BCUT2D eigenvalue weighted by Gasteiger charge is -2.15. The molecule has 1 saturated carbocycles. The van der Waals surface area contributed by atoms with Gasteiger partial charge in [-0.3, -0.25) is 9.78 Å². The van der Waals surface area contributed by atoms with Gasteiger partial charge < -0.3 is 4.90 Å². The van der Waals surface area contributed by atoms with Crippen molar-refractivity contribution in [2.75, 3.05) is 6.54 Å². The van der Waals surface area contributed by atoms with E-state index in [4.69, 9.17) is 0 Å². The van der Waals surface area contributed by atoms with Crippen molar-refractivity contribution in [1.29, 1.82) is 0 Å². The average molecular weight is 344 g/mol. The van der Waals surface area contributed by atoms with Crippen LogP contribution >= 0.6 is 0 Å². The van der Waals surface area contributed by atoms with Crippen molar-refractivity contribution in [2.45, 2.75) is 25.8 Å². The van der Waals surface area contributed by atoms with Gasteiger partial charge in [0.2, 0.25) is 0 Å². The molecule has 2 aromatic heterocycles. The van der Waals surface area contributed by atoms with Gasteiger partial charge in [0.15, 0.2) is 0 Å².